The van der Waals surface area contributed by atoms with Gasteiger partial charge in [-0.25, -0.2) is 29.3 Å². The second-order valence-corrected chi connectivity index (χ2v) is 9.02. The zero-order chi connectivity index (χ0) is 32.5. The van der Waals surface area contributed by atoms with E-state index in [1.165, 1.54) is 54.6 Å². The summed E-state index contributed by atoms with van der Waals surface area (Å²) < 4.78 is 0. The molecule has 0 atom stereocenters. The van der Waals surface area contributed by atoms with Crippen LogP contribution < -0.4 is 14.7 Å². The molecule has 4 rings (SSSR count). The number of aromatic hydroxyl groups is 3. The fourth-order valence-electron chi connectivity index (χ4n) is 3.45. The van der Waals surface area contributed by atoms with Crippen LogP contribution in [0.4, 0.5) is 0 Å². The molecule has 45 heavy (non-hydrogen) atoms. The minimum Gasteiger partial charge on any atom is -0.507 e. The number of carbonyl (C=O) groups excluding carboxylic acids is 3. The van der Waals surface area contributed by atoms with Crippen LogP contribution >= 0.6 is 0 Å². The first kappa shape index (κ1) is 31.8. The summed E-state index contributed by atoms with van der Waals surface area (Å²) >= 11 is 0. The van der Waals surface area contributed by atoms with E-state index in [1.54, 1.807) is 20.8 Å². The highest BCUT2D eigenvalue weighted by Crippen LogP contribution is 2.37. The van der Waals surface area contributed by atoms with Crippen molar-refractivity contribution in [1.82, 2.24) is 15.0 Å². The maximum absolute atomic E-state index is 11.4. The van der Waals surface area contributed by atoms with Crippen LogP contribution in [0.25, 0.3) is 34.2 Å². The summed E-state index contributed by atoms with van der Waals surface area (Å²) in [7, 11) is 0. The second-order valence-electron chi connectivity index (χ2n) is 9.02. The fraction of sp³-hybridized carbons (Fsp3) is 0.200. The van der Waals surface area contributed by atoms with Gasteiger partial charge in [0.25, 0.3) is 0 Å². The number of phenolic OH excluding ortho intramolecular Hbond substituents is 3. The van der Waals surface area contributed by atoms with Gasteiger partial charge >= 0.3 is 17.9 Å². The number of hydrogen-bond donors (Lipinski definition) is 3. The molecule has 0 spiro atoms. The van der Waals surface area contributed by atoms with Crippen molar-refractivity contribution in [3.05, 3.63) is 54.6 Å². The molecule has 0 aliphatic heterocycles. The quantitative estimate of drug-likeness (QED) is 0.144. The summed E-state index contributed by atoms with van der Waals surface area (Å²) in [5, 5.41) is 32.4. The molecule has 0 bridgehead atoms. The Labute approximate surface area is 255 Å². The summed E-state index contributed by atoms with van der Waals surface area (Å²) in [5.41, 5.74) is 0.266. The number of carbonyl (C=O) groups is 3. The standard InChI is InChI=1S/C30H27N3O12/c1-4-25(37)43-40-16-7-10-19(22(34)13-16)28-31-29(20-11-8-17(14-23(20)35)41-44-26(38)5-2)33-30(32-28)21-12-9-18(15-24(21)36)42-45-27(39)6-3/h7-15,34-36H,4-6H2,1-3H3. The van der Waals surface area contributed by atoms with Crippen LogP contribution in [-0.2, 0) is 29.0 Å². The molecule has 3 N–H and O–H groups in total. The number of hydrogen-bond acceptors (Lipinski definition) is 15. The van der Waals surface area contributed by atoms with E-state index >= 15 is 0 Å². The zero-order valence-electron chi connectivity index (χ0n) is 24.2. The van der Waals surface area contributed by atoms with Crippen molar-refractivity contribution in [3.63, 3.8) is 0 Å². The Balaban J connectivity index is 1.76. The van der Waals surface area contributed by atoms with Crippen LogP contribution in [-0.4, -0.2) is 48.2 Å². The Bertz CT molecular complexity index is 1520. The predicted octanol–water partition coefficient (Wildman–Crippen LogP) is 4.73. The third-order valence-electron chi connectivity index (χ3n) is 5.82. The molecule has 234 valence electrons. The minimum atomic E-state index is -0.621. The molecule has 0 radical (unpaired) electrons. The summed E-state index contributed by atoms with van der Waals surface area (Å²) in [6.07, 6.45) is 0.233. The van der Waals surface area contributed by atoms with Crippen molar-refractivity contribution in [3.8, 4) is 68.7 Å². The van der Waals surface area contributed by atoms with Gasteiger partial charge in [-0.2, -0.15) is 0 Å². The van der Waals surface area contributed by atoms with Crippen LogP contribution in [0.5, 0.6) is 34.5 Å². The van der Waals surface area contributed by atoms with Crippen LogP contribution in [0.3, 0.4) is 0 Å². The number of aromatic nitrogens is 3. The Morgan fingerprint density at radius 2 is 0.778 bits per heavy atom. The number of nitrogens with zero attached hydrogens (tertiary/aromatic N) is 3. The molecule has 1 heterocycles. The van der Waals surface area contributed by atoms with Crippen molar-refractivity contribution in [2.24, 2.45) is 0 Å². The average molecular weight is 622 g/mol. The maximum atomic E-state index is 11.4. The molecular formula is C30H27N3O12. The summed E-state index contributed by atoms with van der Waals surface area (Å²) in [4.78, 5) is 76.2. The minimum absolute atomic E-state index is 0.0153. The SMILES string of the molecule is CCC(=O)OOc1ccc(-c2nc(-c3ccc(OOC(=O)CC)cc3O)nc(-c3ccc(OOC(=O)CC)cc3O)n2)c(O)c1. The van der Waals surface area contributed by atoms with E-state index in [9.17, 15) is 29.7 Å². The molecule has 1 aromatic heterocycles. The highest BCUT2D eigenvalue weighted by molar-refractivity contribution is 5.75. The zero-order valence-corrected chi connectivity index (χ0v) is 24.2. The Morgan fingerprint density at radius 1 is 0.511 bits per heavy atom. The van der Waals surface area contributed by atoms with Crippen molar-refractivity contribution in [2.45, 2.75) is 40.0 Å². The van der Waals surface area contributed by atoms with Gasteiger partial charge in [0.05, 0.1) is 16.7 Å². The van der Waals surface area contributed by atoms with Gasteiger partial charge in [0, 0.05) is 37.5 Å². The van der Waals surface area contributed by atoms with E-state index in [2.05, 4.69) is 29.6 Å². The Kier molecular flexibility index (Phi) is 10.2. The highest BCUT2D eigenvalue weighted by Gasteiger charge is 2.20. The van der Waals surface area contributed by atoms with E-state index in [0.29, 0.717) is 0 Å². The smallest absolute Gasteiger partial charge is 0.355 e. The fourth-order valence-corrected chi connectivity index (χ4v) is 3.45. The van der Waals surface area contributed by atoms with Gasteiger partial charge in [-0.1, -0.05) is 20.8 Å². The second kappa shape index (κ2) is 14.4. The van der Waals surface area contributed by atoms with Gasteiger partial charge in [0.15, 0.2) is 34.7 Å². The number of rotatable bonds is 12. The highest BCUT2D eigenvalue weighted by atomic mass is 17.2. The van der Waals surface area contributed by atoms with Crippen molar-refractivity contribution in [2.75, 3.05) is 0 Å². The molecule has 15 heteroatoms. The van der Waals surface area contributed by atoms with Gasteiger partial charge in [-0.05, 0) is 36.4 Å². The van der Waals surface area contributed by atoms with Crippen LogP contribution in [0, 0.1) is 0 Å². The first-order valence-corrected chi connectivity index (χ1v) is 13.5. The van der Waals surface area contributed by atoms with E-state index in [-0.39, 0.29) is 87.9 Å². The largest absolute Gasteiger partial charge is 0.507 e. The topological polar surface area (TPSA) is 206 Å². The van der Waals surface area contributed by atoms with E-state index in [4.69, 9.17) is 14.7 Å². The predicted molar refractivity (Wildman–Crippen MR) is 152 cm³/mol. The molecule has 3 aromatic carbocycles. The van der Waals surface area contributed by atoms with E-state index in [1.807, 2.05) is 0 Å². The van der Waals surface area contributed by atoms with Crippen LogP contribution in [0.2, 0.25) is 0 Å². The lowest BCUT2D eigenvalue weighted by atomic mass is 10.1. The molecule has 4 aromatic rings. The van der Waals surface area contributed by atoms with Crippen LogP contribution in [0.1, 0.15) is 40.0 Å². The molecule has 0 aliphatic rings. The van der Waals surface area contributed by atoms with E-state index in [0.717, 1.165) is 0 Å². The molecular weight excluding hydrogens is 594 g/mol. The van der Waals surface area contributed by atoms with Gasteiger partial charge < -0.3 is 15.3 Å². The molecule has 0 saturated heterocycles. The normalized spacial score (nSPS) is 10.5. The third-order valence-corrected chi connectivity index (χ3v) is 5.82. The van der Waals surface area contributed by atoms with Crippen molar-refractivity contribution < 1.29 is 59.0 Å². The van der Waals surface area contributed by atoms with Gasteiger partial charge in [0.2, 0.25) is 0 Å². The van der Waals surface area contributed by atoms with E-state index < -0.39 is 17.9 Å². The molecule has 0 fully saturated rings. The van der Waals surface area contributed by atoms with Crippen LogP contribution in [0.15, 0.2) is 54.6 Å². The van der Waals surface area contributed by atoms with Gasteiger partial charge in [-0.3, -0.25) is 29.3 Å². The first-order chi connectivity index (χ1) is 21.6. The monoisotopic (exact) mass is 621 g/mol. The lowest BCUT2D eigenvalue weighted by Gasteiger charge is -2.12. The number of phenols is 3. The lowest BCUT2D eigenvalue weighted by molar-refractivity contribution is -0.213. The van der Waals surface area contributed by atoms with Gasteiger partial charge in [-0.15, -0.1) is 0 Å². The molecule has 0 unspecified atom stereocenters. The lowest BCUT2D eigenvalue weighted by Crippen LogP contribution is -2.06. The molecule has 15 nitrogen and oxygen atoms in total. The first-order valence-electron chi connectivity index (χ1n) is 13.5. The van der Waals surface area contributed by atoms with Crippen molar-refractivity contribution in [1.29, 1.82) is 0 Å². The summed E-state index contributed by atoms with van der Waals surface area (Å²) in [6.45, 7) is 4.75. The maximum Gasteiger partial charge on any atom is 0.355 e. The average Bonchev–Trinajstić information content (AvgIpc) is 3.04. The summed E-state index contributed by atoms with van der Waals surface area (Å²) in [5.74, 6) is -3.16. The number of benzene rings is 3. The van der Waals surface area contributed by atoms with Crippen molar-refractivity contribution >= 4 is 17.9 Å². The molecule has 0 saturated carbocycles. The molecule has 0 amide bonds. The Morgan fingerprint density at radius 3 is 1.00 bits per heavy atom. The Hall–Kier alpha value is -6.12. The summed E-state index contributed by atoms with van der Waals surface area (Å²) in [6, 6.07) is 11.9. The molecule has 0 aliphatic carbocycles. The third kappa shape index (κ3) is 8.04. The van der Waals surface area contributed by atoms with Gasteiger partial charge in [0.1, 0.15) is 17.2 Å².